The molecule has 0 aliphatic carbocycles. The van der Waals surface area contributed by atoms with E-state index in [1.54, 1.807) is 6.33 Å². The summed E-state index contributed by atoms with van der Waals surface area (Å²) in [6.45, 7) is 0.979. The smallest absolute Gasteiger partial charge is 0.217 e. The van der Waals surface area contributed by atoms with Crippen LogP contribution in [-0.2, 0) is 11.3 Å². The molecular weight excluding hydrogens is 178 g/mol. The number of imidazole rings is 1. The number of aromatic nitrogens is 2. The molecule has 1 rings (SSSR count). The van der Waals surface area contributed by atoms with Crippen LogP contribution in [0, 0.1) is 6.20 Å². The average molecular weight is 194 g/mol. The van der Waals surface area contributed by atoms with Gasteiger partial charge in [0.15, 0.2) is 0 Å². The van der Waals surface area contributed by atoms with Crippen LogP contribution in [0.25, 0.3) is 0 Å². The minimum absolute atomic E-state index is 0.200. The number of carbonyl (C=O) groups excluding carboxylic acids is 1. The highest BCUT2D eigenvalue weighted by atomic mass is 16.1. The Balaban J connectivity index is 1.92. The minimum Gasteiger partial charge on any atom is -0.370 e. The van der Waals surface area contributed by atoms with Gasteiger partial charge in [-0.05, 0) is 12.8 Å². The molecule has 4 heteroatoms. The summed E-state index contributed by atoms with van der Waals surface area (Å²) in [5.74, 6) is -0.200. The third-order valence-electron chi connectivity index (χ3n) is 2.09. The summed E-state index contributed by atoms with van der Waals surface area (Å²) in [7, 11) is 0. The molecule has 0 aliphatic heterocycles. The molecule has 77 valence electrons. The summed E-state index contributed by atoms with van der Waals surface area (Å²) in [6, 6.07) is 0. The third-order valence-corrected chi connectivity index (χ3v) is 2.09. The Labute approximate surface area is 84.1 Å². The number of rotatable bonds is 7. The molecule has 0 aliphatic rings. The average Bonchev–Trinajstić information content (AvgIpc) is 2.63. The van der Waals surface area contributed by atoms with E-state index >= 15 is 0 Å². The Morgan fingerprint density at radius 1 is 1.36 bits per heavy atom. The van der Waals surface area contributed by atoms with Crippen LogP contribution < -0.4 is 5.73 Å². The molecule has 4 nitrogen and oxygen atoms in total. The van der Waals surface area contributed by atoms with E-state index in [4.69, 9.17) is 5.73 Å². The molecule has 1 radical (unpaired) electrons. The minimum atomic E-state index is -0.200. The van der Waals surface area contributed by atoms with Crippen molar-refractivity contribution in [1.82, 2.24) is 9.55 Å². The van der Waals surface area contributed by atoms with Crippen molar-refractivity contribution in [3.8, 4) is 0 Å². The first-order valence-corrected chi connectivity index (χ1v) is 4.95. The van der Waals surface area contributed by atoms with E-state index in [1.807, 2.05) is 10.8 Å². The molecule has 2 N–H and O–H groups in total. The topological polar surface area (TPSA) is 60.9 Å². The number of carbonyl (C=O) groups is 1. The molecular formula is C10H16N3O. The zero-order valence-electron chi connectivity index (χ0n) is 8.28. The maximum Gasteiger partial charge on any atom is 0.217 e. The lowest BCUT2D eigenvalue weighted by atomic mass is 10.1. The van der Waals surface area contributed by atoms with Crippen molar-refractivity contribution < 1.29 is 4.79 Å². The fraction of sp³-hybridized carbons (Fsp3) is 0.600. The van der Waals surface area contributed by atoms with Crippen LogP contribution in [-0.4, -0.2) is 15.5 Å². The van der Waals surface area contributed by atoms with Gasteiger partial charge in [0.05, 0.1) is 6.33 Å². The Kier molecular flexibility index (Phi) is 4.75. The second-order valence-electron chi connectivity index (χ2n) is 3.37. The first-order chi connectivity index (χ1) is 6.79. The highest BCUT2D eigenvalue weighted by Crippen LogP contribution is 2.03. The fourth-order valence-electron chi connectivity index (χ4n) is 1.32. The monoisotopic (exact) mass is 194 g/mol. The molecule has 0 saturated heterocycles. The van der Waals surface area contributed by atoms with E-state index in [0.29, 0.717) is 6.42 Å². The number of nitrogens with two attached hydrogens (primary N) is 1. The van der Waals surface area contributed by atoms with E-state index in [2.05, 4.69) is 11.2 Å². The van der Waals surface area contributed by atoms with Gasteiger partial charge in [-0.15, -0.1) is 0 Å². The molecule has 1 aromatic heterocycles. The Morgan fingerprint density at radius 2 is 2.14 bits per heavy atom. The summed E-state index contributed by atoms with van der Waals surface area (Å²) in [6.07, 6.45) is 11.1. The van der Waals surface area contributed by atoms with Crippen molar-refractivity contribution in [1.29, 1.82) is 0 Å². The summed E-state index contributed by atoms with van der Waals surface area (Å²) >= 11 is 0. The van der Waals surface area contributed by atoms with Gasteiger partial charge < -0.3 is 10.3 Å². The largest absolute Gasteiger partial charge is 0.370 e. The van der Waals surface area contributed by atoms with Crippen LogP contribution in [0.4, 0.5) is 0 Å². The lowest BCUT2D eigenvalue weighted by molar-refractivity contribution is -0.118. The van der Waals surface area contributed by atoms with Crippen LogP contribution in [0.5, 0.6) is 0 Å². The molecule has 0 saturated carbocycles. The van der Waals surface area contributed by atoms with Crippen molar-refractivity contribution >= 4 is 5.91 Å². The maximum absolute atomic E-state index is 10.4. The van der Waals surface area contributed by atoms with E-state index in [-0.39, 0.29) is 5.91 Å². The summed E-state index contributed by atoms with van der Waals surface area (Å²) < 4.78 is 2.01. The van der Waals surface area contributed by atoms with Crippen molar-refractivity contribution in [2.45, 2.75) is 38.6 Å². The van der Waals surface area contributed by atoms with Crippen molar-refractivity contribution in [2.75, 3.05) is 0 Å². The molecule has 0 aromatic carbocycles. The molecule has 0 unspecified atom stereocenters. The quantitative estimate of drug-likeness (QED) is 0.661. The molecule has 0 bridgehead atoms. The van der Waals surface area contributed by atoms with Gasteiger partial charge in [0.2, 0.25) is 5.91 Å². The first kappa shape index (κ1) is 10.8. The molecule has 0 fully saturated rings. The second kappa shape index (κ2) is 6.18. The number of amides is 1. The van der Waals surface area contributed by atoms with Crippen molar-refractivity contribution in [3.63, 3.8) is 0 Å². The van der Waals surface area contributed by atoms with Gasteiger partial charge in [-0.3, -0.25) is 4.79 Å². The highest BCUT2D eigenvalue weighted by molar-refractivity contribution is 5.73. The summed E-state index contributed by atoms with van der Waals surface area (Å²) in [4.78, 5) is 14.3. The number of unbranched alkanes of at least 4 members (excludes halogenated alkanes) is 3. The fourth-order valence-corrected chi connectivity index (χ4v) is 1.32. The Bertz CT molecular complexity index is 256. The molecule has 0 spiro atoms. The summed E-state index contributed by atoms with van der Waals surface area (Å²) in [5.41, 5.74) is 5.03. The predicted molar refractivity (Wildman–Crippen MR) is 53.3 cm³/mol. The molecule has 1 heterocycles. The lowest BCUT2D eigenvalue weighted by Gasteiger charge is -2.01. The zero-order chi connectivity index (χ0) is 10.2. The van der Waals surface area contributed by atoms with Crippen LogP contribution in [0.3, 0.4) is 0 Å². The molecule has 1 amide bonds. The predicted octanol–water partition coefficient (Wildman–Crippen LogP) is 1.12. The second-order valence-corrected chi connectivity index (χ2v) is 3.37. The Morgan fingerprint density at radius 3 is 2.79 bits per heavy atom. The van der Waals surface area contributed by atoms with Crippen LogP contribution >= 0.6 is 0 Å². The van der Waals surface area contributed by atoms with E-state index in [1.165, 1.54) is 0 Å². The van der Waals surface area contributed by atoms with Crippen molar-refractivity contribution in [2.24, 2.45) is 5.73 Å². The third kappa shape index (κ3) is 4.64. The number of nitrogens with zero attached hydrogens (tertiary/aromatic N) is 2. The number of primary amides is 1. The highest BCUT2D eigenvalue weighted by Gasteiger charge is 1.95. The lowest BCUT2D eigenvalue weighted by Crippen LogP contribution is -2.09. The first-order valence-electron chi connectivity index (χ1n) is 4.95. The van der Waals surface area contributed by atoms with Gasteiger partial charge >= 0.3 is 0 Å². The van der Waals surface area contributed by atoms with Crippen LogP contribution in [0.2, 0.25) is 0 Å². The molecule has 0 atom stereocenters. The SMILES string of the molecule is NC(=O)CCCCCCn1c[c]nc1. The molecule has 14 heavy (non-hydrogen) atoms. The normalized spacial score (nSPS) is 10.3. The van der Waals surface area contributed by atoms with Gasteiger partial charge in [-0.25, -0.2) is 4.98 Å². The zero-order valence-corrected chi connectivity index (χ0v) is 8.28. The van der Waals surface area contributed by atoms with Crippen LogP contribution in [0.1, 0.15) is 32.1 Å². The van der Waals surface area contributed by atoms with Crippen molar-refractivity contribution in [3.05, 3.63) is 18.7 Å². The van der Waals surface area contributed by atoms with Gasteiger partial charge in [0.1, 0.15) is 6.20 Å². The van der Waals surface area contributed by atoms with Gasteiger partial charge in [0, 0.05) is 19.2 Å². The van der Waals surface area contributed by atoms with E-state index in [0.717, 1.165) is 32.2 Å². The van der Waals surface area contributed by atoms with E-state index < -0.39 is 0 Å². The van der Waals surface area contributed by atoms with Gasteiger partial charge in [0.25, 0.3) is 0 Å². The Hall–Kier alpha value is -1.32. The number of aryl methyl sites for hydroxylation is 1. The number of hydrogen-bond donors (Lipinski definition) is 1. The summed E-state index contributed by atoms with van der Waals surface area (Å²) in [5, 5.41) is 0. The van der Waals surface area contributed by atoms with Crippen LogP contribution in [0.15, 0.2) is 12.5 Å². The molecule has 1 aromatic rings. The van der Waals surface area contributed by atoms with Gasteiger partial charge in [-0.2, -0.15) is 0 Å². The standard InChI is InChI=1S/C10H16N3O/c11-10(14)5-3-1-2-4-7-13-8-6-12-9-13/h8-9H,1-5,7H2,(H2,11,14). The van der Waals surface area contributed by atoms with Gasteiger partial charge in [-0.1, -0.05) is 12.8 Å². The number of hydrogen-bond acceptors (Lipinski definition) is 2. The van der Waals surface area contributed by atoms with E-state index in [9.17, 15) is 4.79 Å². The maximum atomic E-state index is 10.4.